The van der Waals surface area contributed by atoms with Gasteiger partial charge < -0.3 is 4.72 Å². The highest BCUT2D eigenvalue weighted by molar-refractivity contribution is 7.78. The van der Waals surface area contributed by atoms with E-state index in [1.54, 1.807) is 0 Å². The quantitative estimate of drug-likeness (QED) is 0.438. The van der Waals surface area contributed by atoms with Crippen molar-refractivity contribution in [1.82, 2.24) is 4.72 Å². The van der Waals surface area contributed by atoms with Crippen LogP contribution in [0.25, 0.3) is 0 Å². The van der Waals surface area contributed by atoms with E-state index in [1.807, 2.05) is 6.92 Å². The van der Waals surface area contributed by atoms with Crippen LogP contribution in [-0.2, 0) is 0 Å². The van der Waals surface area contributed by atoms with Gasteiger partial charge in [0.25, 0.3) is 0 Å². The highest BCUT2D eigenvalue weighted by Crippen LogP contribution is 2.02. The van der Waals surface area contributed by atoms with Crippen molar-refractivity contribution in [3.8, 4) is 0 Å². The van der Waals surface area contributed by atoms with Crippen molar-refractivity contribution in [2.24, 2.45) is 0 Å². The minimum atomic E-state index is 0.809. The molecule has 0 rings (SSSR count). The summed E-state index contributed by atoms with van der Waals surface area (Å²) in [5.74, 6) is 0. The summed E-state index contributed by atoms with van der Waals surface area (Å²) in [7, 11) is 0. The normalized spacial score (nSPS) is 8.25. The lowest BCUT2D eigenvalue weighted by Gasteiger charge is -2.00. The number of hydrogen-bond acceptors (Lipinski definition) is 2. The van der Waals surface area contributed by atoms with Crippen LogP contribution in [0.15, 0.2) is 24.4 Å². The summed E-state index contributed by atoms with van der Waals surface area (Å²) >= 11 is 3.80. The second kappa shape index (κ2) is 3.61. The lowest BCUT2D eigenvalue weighted by Crippen LogP contribution is -1.96. The van der Waals surface area contributed by atoms with E-state index >= 15 is 0 Å². The van der Waals surface area contributed by atoms with Crippen molar-refractivity contribution in [3.63, 3.8) is 0 Å². The van der Waals surface area contributed by atoms with Gasteiger partial charge in [0.2, 0.25) is 0 Å². The molecule has 0 radical (unpaired) electrons. The molecule has 0 aromatic rings. The maximum atomic E-state index is 3.80. The molecule has 0 atom stereocenters. The van der Waals surface area contributed by atoms with Crippen LogP contribution in [0.4, 0.5) is 0 Å². The maximum absolute atomic E-state index is 3.80. The summed E-state index contributed by atoms with van der Waals surface area (Å²) in [6.45, 7) is 9.33. The second-order valence-corrected chi connectivity index (χ2v) is 2.07. The molecule has 8 heavy (non-hydrogen) atoms. The lowest BCUT2D eigenvalue weighted by molar-refractivity contribution is 1.05. The Morgan fingerprint density at radius 2 is 2.12 bits per heavy atom. The fraction of sp³-hybridized carbons (Fsp3) is 0.333. The first-order chi connectivity index (χ1) is 3.66. The average molecular weight is 129 g/mol. The van der Waals surface area contributed by atoms with E-state index < -0.39 is 0 Å². The standard InChI is InChI=1S/C6H11NS/c1-5(2)4-6(3)7-8/h7-8H,1,3-4H2,2H3. The molecule has 0 aromatic carbocycles. The SMILES string of the molecule is C=C(C)CC(=C)NS. The molecule has 0 aliphatic carbocycles. The first kappa shape index (κ1) is 7.63. The summed E-state index contributed by atoms with van der Waals surface area (Å²) < 4.78 is 2.64. The summed E-state index contributed by atoms with van der Waals surface area (Å²) in [4.78, 5) is 0. The molecule has 0 saturated heterocycles. The van der Waals surface area contributed by atoms with E-state index in [2.05, 4.69) is 30.7 Å². The Morgan fingerprint density at radius 3 is 2.25 bits per heavy atom. The molecule has 0 unspecified atom stereocenters. The Kier molecular flexibility index (Phi) is 3.44. The van der Waals surface area contributed by atoms with Gasteiger partial charge in [0.1, 0.15) is 0 Å². The van der Waals surface area contributed by atoms with Gasteiger partial charge in [-0.05, 0) is 6.92 Å². The van der Waals surface area contributed by atoms with Gasteiger partial charge in [-0.1, -0.05) is 31.5 Å². The van der Waals surface area contributed by atoms with E-state index in [1.165, 1.54) is 0 Å². The van der Waals surface area contributed by atoms with Crippen LogP contribution in [0.3, 0.4) is 0 Å². The number of nitrogens with one attached hydrogen (secondary N) is 1. The fourth-order valence-corrected chi connectivity index (χ4v) is 0.483. The molecule has 46 valence electrons. The Morgan fingerprint density at radius 1 is 1.62 bits per heavy atom. The van der Waals surface area contributed by atoms with Gasteiger partial charge in [0.05, 0.1) is 0 Å². The summed E-state index contributed by atoms with van der Waals surface area (Å²) in [5.41, 5.74) is 1.98. The minimum absolute atomic E-state index is 0.809. The van der Waals surface area contributed by atoms with E-state index in [4.69, 9.17) is 0 Å². The van der Waals surface area contributed by atoms with E-state index in [0.29, 0.717) is 0 Å². The molecule has 1 nitrogen and oxygen atoms in total. The third-order valence-electron chi connectivity index (χ3n) is 0.673. The van der Waals surface area contributed by atoms with Crippen LogP contribution in [0.2, 0.25) is 0 Å². The molecule has 1 N–H and O–H groups in total. The second-order valence-electron chi connectivity index (χ2n) is 1.85. The van der Waals surface area contributed by atoms with Crippen molar-refractivity contribution >= 4 is 12.8 Å². The summed E-state index contributed by atoms with van der Waals surface area (Å²) in [5, 5.41) is 0. The Bertz CT molecular complexity index is 107. The minimum Gasteiger partial charge on any atom is -0.336 e. The van der Waals surface area contributed by atoms with Crippen LogP contribution in [0, 0.1) is 0 Å². The Hall–Kier alpha value is -0.370. The number of rotatable bonds is 3. The fourth-order valence-electron chi connectivity index (χ4n) is 0.404. The smallest absolute Gasteiger partial charge is 0.0177 e. The predicted molar refractivity (Wildman–Crippen MR) is 40.7 cm³/mol. The number of thiol groups is 1. The predicted octanol–water partition coefficient (Wildman–Crippen LogP) is 1.90. The van der Waals surface area contributed by atoms with Gasteiger partial charge in [0, 0.05) is 12.1 Å². The zero-order valence-electron chi connectivity index (χ0n) is 5.07. The molecule has 2 heteroatoms. The largest absolute Gasteiger partial charge is 0.336 e. The van der Waals surface area contributed by atoms with E-state index in [-0.39, 0.29) is 0 Å². The van der Waals surface area contributed by atoms with Crippen LogP contribution in [0.1, 0.15) is 13.3 Å². The highest BCUT2D eigenvalue weighted by atomic mass is 32.1. The third-order valence-corrected chi connectivity index (χ3v) is 0.990. The highest BCUT2D eigenvalue weighted by Gasteiger charge is 1.87. The molecule has 0 bridgehead atoms. The molecule has 0 heterocycles. The first-order valence-electron chi connectivity index (χ1n) is 2.39. The van der Waals surface area contributed by atoms with Crippen LogP contribution in [-0.4, -0.2) is 0 Å². The topological polar surface area (TPSA) is 12.0 Å². The molecule has 0 amide bonds. The zero-order chi connectivity index (χ0) is 6.57. The summed E-state index contributed by atoms with van der Waals surface area (Å²) in [6, 6.07) is 0. The van der Waals surface area contributed by atoms with E-state index in [9.17, 15) is 0 Å². The van der Waals surface area contributed by atoms with Gasteiger partial charge in [-0.25, -0.2) is 0 Å². The molecule has 0 aromatic heterocycles. The molecule has 0 aliphatic heterocycles. The van der Waals surface area contributed by atoms with Gasteiger partial charge in [-0.2, -0.15) is 0 Å². The van der Waals surface area contributed by atoms with Crippen molar-refractivity contribution < 1.29 is 0 Å². The Labute approximate surface area is 56.0 Å². The average Bonchev–Trinajstić information content (AvgIpc) is 1.65. The molecular formula is C6H11NS. The lowest BCUT2D eigenvalue weighted by atomic mass is 10.2. The number of hydrogen-bond donors (Lipinski definition) is 2. The van der Waals surface area contributed by atoms with Crippen LogP contribution >= 0.6 is 12.8 Å². The summed E-state index contributed by atoms with van der Waals surface area (Å²) in [6.07, 6.45) is 0.809. The first-order valence-corrected chi connectivity index (χ1v) is 2.84. The van der Waals surface area contributed by atoms with Crippen molar-refractivity contribution in [3.05, 3.63) is 24.4 Å². The van der Waals surface area contributed by atoms with Crippen LogP contribution < -0.4 is 4.72 Å². The molecule has 0 spiro atoms. The molecule has 0 fully saturated rings. The van der Waals surface area contributed by atoms with Crippen LogP contribution in [0.5, 0.6) is 0 Å². The third kappa shape index (κ3) is 3.81. The maximum Gasteiger partial charge on any atom is 0.0177 e. The van der Waals surface area contributed by atoms with E-state index in [0.717, 1.165) is 17.7 Å². The molecule has 0 saturated carbocycles. The van der Waals surface area contributed by atoms with Crippen molar-refractivity contribution in [2.45, 2.75) is 13.3 Å². The monoisotopic (exact) mass is 129 g/mol. The van der Waals surface area contributed by atoms with Gasteiger partial charge in [0.15, 0.2) is 0 Å². The Balaban J connectivity index is 3.40. The van der Waals surface area contributed by atoms with Gasteiger partial charge in [-0.15, -0.1) is 0 Å². The van der Waals surface area contributed by atoms with Gasteiger partial charge in [-0.3, -0.25) is 0 Å². The molecule has 0 aliphatic rings. The number of allylic oxidation sites excluding steroid dienone is 1. The van der Waals surface area contributed by atoms with Crippen molar-refractivity contribution in [1.29, 1.82) is 0 Å². The zero-order valence-corrected chi connectivity index (χ0v) is 5.96. The molecular weight excluding hydrogens is 118 g/mol. The van der Waals surface area contributed by atoms with Gasteiger partial charge >= 0.3 is 0 Å². The van der Waals surface area contributed by atoms with Crippen molar-refractivity contribution in [2.75, 3.05) is 0 Å².